The van der Waals surface area contributed by atoms with E-state index in [0.29, 0.717) is 19.5 Å². The van der Waals surface area contributed by atoms with Crippen molar-refractivity contribution in [3.8, 4) is 11.1 Å². The second kappa shape index (κ2) is 7.20. The molecule has 4 rings (SSSR count). The van der Waals surface area contributed by atoms with E-state index in [4.69, 9.17) is 0 Å². The van der Waals surface area contributed by atoms with Crippen LogP contribution in [0.5, 0.6) is 0 Å². The summed E-state index contributed by atoms with van der Waals surface area (Å²) in [4.78, 5) is 14.7. The smallest absolute Gasteiger partial charge is 0.264 e. The standard InChI is InChI=1S/C19H16F3N3O3S/c20-11-1-2-18(29(27,28)25-19(26)10-3-4-23-8-10)13(5-11)14-9-24-17-7-16(22)15(21)6-12(14)17/h1-2,5-7,9-10,23-24H,3-4,8H2,(H,25,26). The van der Waals surface area contributed by atoms with Gasteiger partial charge in [0.15, 0.2) is 11.6 Å². The molecule has 3 aromatic rings. The number of rotatable bonds is 4. The van der Waals surface area contributed by atoms with Crippen molar-refractivity contribution in [2.45, 2.75) is 11.3 Å². The van der Waals surface area contributed by atoms with Crippen molar-refractivity contribution >= 4 is 26.8 Å². The number of amides is 1. The number of carbonyl (C=O) groups excluding carboxylic acids is 1. The minimum absolute atomic E-state index is 0.0768. The molecule has 10 heteroatoms. The normalized spacial score (nSPS) is 17.0. The van der Waals surface area contributed by atoms with Crippen LogP contribution in [0.3, 0.4) is 0 Å². The summed E-state index contributed by atoms with van der Waals surface area (Å²) >= 11 is 0. The van der Waals surface area contributed by atoms with Crippen molar-refractivity contribution < 1.29 is 26.4 Å². The Bertz CT molecular complexity index is 1220. The van der Waals surface area contributed by atoms with Gasteiger partial charge < -0.3 is 10.3 Å². The SMILES string of the molecule is O=C(NS(=O)(=O)c1ccc(F)cc1-c1c[nH]c2cc(F)c(F)cc12)C1CCNC1. The van der Waals surface area contributed by atoms with E-state index in [2.05, 4.69) is 10.3 Å². The average Bonchev–Trinajstić information content (AvgIpc) is 3.31. The minimum Gasteiger partial charge on any atom is -0.360 e. The van der Waals surface area contributed by atoms with Gasteiger partial charge in [0.2, 0.25) is 5.91 Å². The Labute approximate surface area is 164 Å². The summed E-state index contributed by atoms with van der Waals surface area (Å²) in [6.45, 7) is 0.975. The van der Waals surface area contributed by atoms with E-state index < -0.39 is 39.3 Å². The molecule has 1 aliphatic heterocycles. The number of sulfonamides is 1. The van der Waals surface area contributed by atoms with Gasteiger partial charge >= 0.3 is 0 Å². The van der Waals surface area contributed by atoms with E-state index in [1.54, 1.807) is 0 Å². The monoisotopic (exact) mass is 423 g/mol. The summed E-state index contributed by atoms with van der Waals surface area (Å²) in [6, 6.07) is 4.79. The maximum atomic E-state index is 13.9. The number of hydrogen-bond donors (Lipinski definition) is 3. The molecule has 0 saturated carbocycles. The van der Waals surface area contributed by atoms with Gasteiger partial charge in [-0.1, -0.05) is 0 Å². The van der Waals surface area contributed by atoms with Crippen molar-refractivity contribution in [3.05, 3.63) is 54.0 Å². The second-order valence-corrected chi connectivity index (χ2v) is 8.47. The number of nitrogens with one attached hydrogen (secondary N) is 3. The Balaban J connectivity index is 1.81. The van der Waals surface area contributed by atoms with Crippen LogP contribution in [0.2, 0.25) is 0 Å². The molecule has 6 nitrogen and oxygen atoms in total. The zero-order valence-corrected chi connectivity index (χ0v) is 15.7. The van der Waals surface area contributed by atoms with Crippen molar-refractivity contribution in [2.75, 3.05) is 13.1 Å². The predicted molar refractivity (Wildman–Crippen MR) is 99.9 cm³/mol. The van der Waals surface area contributed by atoms with Gasteiger partial charge in [0, 0.05) is 40.8 Å². The van der Waals surface area contributed by atoms with Crippen molar-refractivity contribution in [1.29, 1.82) is 0 Å². The van der Waals surface area contributed by atoms with Crippen LogP contribution in [-0.2, 0) is 14.8 Å². The molecule has 152 valence electrons. The molecule has 3 N–H and O–H groups in total. The first-order valence-electron chi connectivity index (χ1n) is 8.80. The Morgan fingerprint density at radius 1 is 1.07 bits per heavy atom. The third kappa shape index (κ3) is 3.60. The zero-order valence-electron chi connectivity index (χ0n) is 14.9. The number of aromatic nitrogens is 1. The van der Waals surface area contributed by atoms with Crippen molar-refractivity contribution in [2.24, 2.45) is 5.92 Å². The maximum absolute atomic E-state index is 13.9. The zero-order chi connectivity index (χ0) is 20.8. The molecule has 2 aromatic carbocycles. The number of benzene rings is 2. The van der Waals surface area contributed by atoms with Gasteiger partial charge in [-0.05, 0) is 37.2 Å². The molecule has 0 spiro atoms. The van der Waals surface area contributed by atoms with E-state index in [-0.39, 0.29) is 26.9 Å². The van der Waals surface area contributed by atoms with Gasteiger partial charge in [-0.15, -0.1) is 0 Å². The molecule has 1 amide bonds. The van der Waals surface area contributed by atoms with Gasteiger partial charge in [-0.25, -0.2) is 26.3 Å². The molecular formula is C19H16F3N3O3S. The fourth-order valence-corrected chi connectivity index (χ4v) is 4.68. The topological polar surface area (TPSA) is 91.1 Å². The first-order valence-corrected chi connectivity index (χ1v) is 10.3. The molecule has 29 heavy (non-hydrogen) atoms. The van der Waals surface area contributed by atoms with Crippen molar-refractivity contribution in [3.63, 3.8) is 0 Å². The first kappa shape index (κ1) is 19.5. The van der Waals surface area contributed by atoms with Crippen LogP contribution < -0.4 is 10.0 Å². The molecular weight excluding hydrogens is 407 g/mol. The number of H-pyrrole nitrogens is 1. The van der Waals surface area contributed by atoms with Crippen LogP contribution in [0.1, 0.15) is 6.42 Å². The van der Waals surface area contributed by atoms with Crippen LogP contribution >= 0.6 is 0 Å². The lowest BCUT2D eigenvalue weighted by atomic mass is 10.0. The lowest BCUT2D eigenvalue weighted by Crippen LogP contribution is -2.36. The van der Waals surface area contributed by atoms with Crippen LogP contribution in [0, 0.1) is 23.4 Å². The van der Waals surface area contributed by atoms with Crippen LogP contribution in [0.15, 0.2) is 41.4 Å². The quantitative estimate of drug-likeness (QED) is 0.602. The van der Waals surface area contributed by atoms with Gasteiger partial charge in [0.05, 0.1) is 10.8 Å². The fourth-order valence-electron chi connectivity index (χ4n) is 3.44. The summed E-state index contributed by atoms with van der Waals surface area (Å²) in [5.41, 5.74) is 0.299. The van der Waals surface area contributed by atoms with Gasteiger partial charge in [0.25, 0.3) is 10.0 Å². The first-order chi connectivity index (χ1) is 13.8. The highest BCUT2D eigenvalue weighted by molar-refractivity contribution is 7.90. The second-order valence-electron chi connectivity index (χ2n) is 6.81. The molecule has 2 heterocycles. The van der Waals surface area contributed by atoms with Crippen LogP contribution in [0.25, 0.3) is 22.0 Å². The Morgan fingerprint density at radius 3 is 2.55 bits per heavy atom. The summed E-state index contributed by atoms with van der Waals surface area (Å²) in [7, 11) is -4.33. The molecule has 1 saturated heterocycles. The minimum atomic E-state index is -4.33. The van der Waals surface area contributed by atoms with Crippen LogP contribution in [-0.4, -0.2) is 32.4 Å². The van der Waals surface area contributed by atoms with Gasteiger partial charge in [-0.2, -0.15) is 0 Å². The highest BCUT2D eigenvalue weighted by atomic mass is 32.2. The van der Waals surface area contributed by atoms with E-state index in [0.717, 1.165) is 30.3 Å². The summed E-state index contributed by atoms with van der Waals surface area (Å²) in [5.74, 6) is -4.06. The summed E-state index contributed by atoms with van der Waals surface area (Å²) < 4.78 is 68.9. The van der Waals surface area contributed by atoms with Crippen LogP contribution in [0.4, 0.5) is 13.2 Å². The molecule has 1 atom stereocenters. The largest absolute Gasteiger partial charge is 0.360 e. The average molecular weight is 423 g/mol. The number of hydrogen-bond acceptors (Lipinski definition) is 4. The fraction of sp³-hybridized carbons (Fsp3) is 0.211. The number of halogens is 3. The molecule has 1 aliphatic rings. The Morgan fingerprint density at radius 2 is 1.83 bits per heavy atom. The lowest BCUT2D eigenvalue weighted by Gasteiger charge is -2.14. The highest BCUT2D eigenvalue weighted by Crippen LogP contribution is 2.34. The molecule has 0 aliphatic carbocycles. The Kier molecular flexibility index (Phi) is 4.83. The summed E-state index contributed by atoms with van der Waals surface area (Å²) in [6.07, 6.45) is 1.84. The van der Waals surface area contributed by atoms with E-state index >= 15 is 0 Å². The number of aromatic amines is 1. The molecule has 0 bridgehead atoms. The molecule has 1 aromatic heterocycles. The van der Waals surface area contributed by atoms with E-state index in [1.165, 1.54) is 6.20 Å². The molecule has 1 fully saturated rings. The van der Waals surface area contributed by atoms with E-state index in [9.17, 15) is 26.4 Å². The predicted octanol–water partition coefficient (Wildman–Crippen LogP) is 2.67. The van der Waals surface area contributed by atoms with Gasteiger partial charge in [0.1, 0.15) is 5.82 Å². The maximum Gasteiger partial charge on any atom is 0.264 e. The third-order valence-corrected chi connectivity index (χ3v) is 6.31. The highest BCUT2D eigenvalue weighted by Gasteiger charge is 2.29. The van der Waals surface area contributed by atoms with E-state index in [1.807, 2.05) is 4.72 Å². The Hall–Kier alpha value is -2.85. The number of fused-ring (bicyclic) bond motifs is 1. The van der Waals surface area contributed by atoms with Gasteiger partial charge in [-0.3, -0.25) is 4.79 Å². The lowest BCUT2D eigenvalue weighted by molar-refractivity contribution is -0.122. The number of carbonyl (C=O) groups is 1. The molecule has 0 radical (unpaired) electrons. The van der Waals surface area contributed by atoms with Crippen molar-refractivity contribution in [1.82, 2.24) is 15.0 Å². The molecule has 1 unspecified atom stereocenters. The third-order valence-electron chi connectivity index (χ3n) is 4.91. The summed E-state index contributed by atoms with van der Waals surface area (Å²) in [5, 5.41) is 3.15.